The van der Waals surface area contributed by atoms with Crippen LogP contribution in [0.5, 0.6) is 0 Å². The van der Waals surface area contributed by atoms with Gasteiger partial charge in [0.25, 0.3) is 0 Å². The number of rotatable bonds is 15. The molecule has 0 unspecified atom stereocenters. The Hall–Kier alpha value is -4.29. The topological polar surface area (TPSA) is 166 Å². The summed E-state index contributed by atoms with van der Waals surface area (Å²) in [5, 5.41) is 11.8. The Morgan fingerprint density at radius 1 is 0.648 bits per heavy atom. The van der Waals surface area contributed by atoms with Gasteiger partial charge in [-0.15, -0.1) is 0 Å². The molecule has 2 heterocycles. The highest BCUT2D eigenvalue weighted by Crippen LogP contribution is 2.26. The second-order valence-corrected chi connectivity index (χ2v) is 17.7. The van der Waals surface area contributed by atoms with E-state index in [4.69, 9.17) is 5.73 Å². The Morgan fingerprint density at radius 2 is 1.07 bits per heavy atom. The van der Waals surface area contributed by atoms with E-state index >= 15 is 0 Å². The van der Waals surface area contributed by atoms with Crippen molar-refractivity contribution in [1.29, 1.82) is 0 Å². The van der Waals surface area contributed by atoms with Crippen molar-refractivity contribution in [3.05, 3.63) is 70.8 Å². The fourth-order valence-electron chi connectivity index (χ4n) is 7.44. The number of nitrogens with one attached hydrogen (secondary N) is 4. The second kappa shape index (κ2) is 18.4. The Kier molecular flexibility index (Phi) is 14.4. The fourth-order valence-corrected chi connectivity index (χ4v) is 7.44. The zero-order chi connectivity index (χ0) is 39.8. The molecular weight excluding hydrogens is 683 g/mol. The van der Waals surface area contributed by atoms with Crippen molar-refractivity contribution in [1.82, 2.24) is 31.1 Å². The monoisotopic (exact) mass is 745 g/mol. The van der Waals surface area contributed by atoms with E-state index < -0.39 is 36.0 Å². The molecule has 12 heteroatoms. The number of nitrogens with two attached hydrogens (primary N) is 1. The van der Waals surface area contributed by atoms with E-state index in [1.165, 1.54) is 11.1 Å². The van der Waals surface area contributed by atoms with E-state index in [2.05, 4.69) is 39.5 Å². The third-order valence-electron chi connectivity index (χ3n) is 10.3. The predicted molar refractivity (Wildman–Crippen MR) is 211 cm³/mol. The largest absolute Gasteiger partial charge is 0.368 e. The Labute approximate surface area is 321 Å². The van der Waals surface area contributed by atoms with Crippen LogP contribution in [0.15, 0.2) is 48.5 Å². The molecule has 2 aromatic carbocycles. The standard InChI is InChI=1S/C42H63N7O5/c1-41(2,3)23-32(46-39(53)34-21-27-15-9-11-17-29(27)25-48(34)7)37(51)44-20-14-13-19-31(36(43)50)45-38(52)33(24-42(4,5)6)47-40(54)35-22-28-16-10-12-18-30(28)26-49(35)8/h9-12,15-18,31-35H,13-14,19-26H2,1-8H3,(H2,43,50)(H,44,51)(H,45,52)(H,46,53)(H,47,54)/t31-,32-,33-,34-,35-/m0/s1. The fraction of sp³-hybridized carbons (Fsp3) is 0.595. The summed E-state index contributed by atoms with van der Waals surface area (Å²) in [4.78, 5) is 70.7. The molecule has 0 saturated carbocycles. The number of carbonyl (C=O) groups excluding carboxylic acids is 5. The molecule has 0 bridgehead atoms. The SMILES string of the molecule is CN1Cc2ccccc2C[C@H]1C(=O)N[C@@H](CC(C)(C)C)C(=O)NCCCC[C@H](NC(=O)[C@H](CC(C)(C)C)NC(=O)[C@@H]1Cc2ccccc2CN1C)C(N)=O. The minimum atomic E-state index is -0.942. The molecule has 2 aliphatic rings. The van der Waals surface area contributed by atoms with Gasteiger partial charge in [-0.05, 0) is 92.1 Å². The number of likely N-dealkylation sites (N-methyl/N-ethyl adjacent to an activating group) is 2. The lowest BCUT2D eigenvalue weighted by Crippen LogP contribution is -2.57. The van der Waals surface area contributed by atoms with Gasteiger partial charge in [-0.3, -0.25) is 33.8 Å². The van der Waals surface area contributed by atoms with Crippen LogP contribution in [0.2, 0.25) is 0 Å². The summed E-state index contributed by atoms with van der Waals surface area (Å²) >= 11 is 0. The number of unbranched alkanes of at least 4 members (excludes halogenated alkanes) is 1. The van der Waals surface area contributed by atoms with Crippen molar-refractivity contribution in [3.63, 3.8) is 0 Å². The third-order valence-corrected chi connectivity index (χ3v) is 10.3. The van der Waals surface area contributed by atoms with E-state index in [1.807, 2.05) is 95.8 Å². The molecule has 5 amide bonds. The molecule has 2 aromatic rings. The molecule has 0 aliphatic carbocycles. The predicted octanol–water partition coefficient (Wildman–Crippen LogP) is 3.20. The first-order chi connectivity index (χ1) is 25.3. The van der Waals surface area contributed by atoms with Crippen LogP contribution in [0.25, 0.3) is 0 Å². The Balaban J connectivity index is 1.29. The van der Waals surface area contributed by atoms with Gasteiger partial charge in [0.05, 0.1) is 12.1 Å². The van der Waals surface area contributed by atoms with Gasteiger partial charge in [0.2, 0.25) is 29.5 Å². The molecule has 6 N–H and O–H groups in total. The van der Waals surface area contributed by atoms with Crippen LogP contribution in [0.4, 0.5) is 0 Å². The van der Waals surface area contributed by atoms with Crippen molar-refractivity contribution >= 4 is 29.5 Å². The third kappa shape index (κ3) is 12.4. The maximum absolute atomic E-state index is 13.6. The van der Waals surface area contributed by atoms with Gasteiger partial charge in [0.15, 0.2) is 0 Å². The highest BCUT2D eigenvalue weighted by atomic mass is 16.2. The molecule has 296 valence electrons. The van der Waals surface area contributed by atoms with Crippen molar-refractivity contribution in [2.45, 2.75) is 130 Å². The van der Waals surface area contributed by atoms with Gasteiger partial charge in [0.1, 0.15) is 18.1 Å². The van der Waals surface area contributed by atoms with Crippen LogP contribution in [0, 0.1) is 10.8 Å². The van der Waals surface area contributed by atoms with Gasteiger partial charge in [0, 0.05) is 19.6 Å². The molecule has 12 nitrogen and oxygen atoms in total. The normalized spacial score (nSPS) is 19.3. The second-order valence-electron chi connectivity index (χ2n) is 17.7. The molecule has 5 atom stereocenters. The maximum Gasteiger partial charge on any atom is 0.243 e. The first kappa shape index (κ1) is 42.5. The molecule has 4 rings (SSSR count). The lowest BCUT2D eigenvalue weighted by Gasteiger charge is -2.35. The number of nitrogens with zero attached hydrogens (tertiary/aromatic N) is 2. The smallest absolute Gasteiger partial charge is 0.243 e. The zero-order valence-corrected chi connectivity index (χ0v) is 33.6. The van der Waals surface area contributed by atoms with Crippen molar-refractivity contribution in [2.24, 2.45) is 16.6 Å². The molecule has 0 aromatic heterocycles. The summed E-state index contributed by atoms with van der Waals surface area (Å²) in [5.41, 5.74) is 9.89. The number of hydrogen-bond donors (Lipinski definition) is 5. The summed E-state index contributed by atoms with van der Waals surface area (Å²) < 4.78 is 0. The molecule has 54 heavy (non-hydrogen) atoms. The Morgan fingerprint density at radius 3 is 1.50 bits per heavy atom. The number of carbonyl (C=O) groups is 5. The molecule has 0 saturated heterocycles. The summed E-state index contributed by atoms with van der Waals surface area (Å²) in [6, 6.07) is 12.8. The number of fused-ring (bicyclic) bond motifs is 2. The highest BCUT2D eigenvalue weighted by molar-refractivity contribution is 5.93. The summed E-state index contributed by atoms with van der Waals surface area (Å²) in [6.45, 7) is 13.7. The van der Waals surface area contributed by atoms with Crippen LogP contribution in [-0.4, -0.2) is 90.2 Å². The lowest BCUT2D eigenvalue weighted by molar-refractivity contribution is -0.134. The van der Waals surface area contributed by atoms with Crippen molar-refractivity contribution in [3.8, 4) is 0 Å². The average Bonchev–Trinajstić information content (AvgIpc) is 3.08. The summed E-state index contributed by atoms with van der Waals surface area (Å²) in [7, 11) is 3.83. The zero-order valence-electron chi connectivity index (χ0n) is 33.6. The number of primary amides is 1. The van der Waals surface area contributed by atoms with Gasteiger partial charge < -0.3 is 27.0 Å². The molecule has 0 spiro atoms. The maximum atomic E-state index is 13.6. The van der Waals surface area contributed by atoms with Crippen LogP contribution in [0.3, 0.4) is 0 Å². The van der Waals surface area contributed by atoms with Gasteiger partial charge in [-0.1, -0.05) is 90.1 Å². The molecule has 0 fully saturated rings. The average molecular weight is 746 g/mol. The lowest BCUT2D eigenvalue weighted by atomic mass is 9.87. The van der Waals surface area contributed by atoms with Crippen molar-refractivity contribution < 1.29 is 24.0 Å². The van der Waals surface area contributed by atoms with Crippen LogP contribution in [-0.2, 0) is 49.9 Å². The van der Waals surface area contributed by atoms with E-state index in [0.717, 1.165) is 11.1 Å². The molecule has 2 aliphatic heterocycles. The minimum Gasteiger partial charge on any atom is -0.368 e. The Bertz CT molecular complexity index is 1650. The van der Waals surface area contributed by atoms with Crippen LogP contribution in [0.1, 0.15) is 95.9 Å². The van der Waals surface area contributed by atoms with E-state index in [1.54, 1.807) is 0 Å². The minimum absolute atomic E-state index is 0.173. The number of benzene rings is 2. The van der Waals surface area contributed by atoms with Crippen LogP contribution >= 0.6 is 0 Å². The molecular formula is C42H63N7O5. The first-order valence-electron chi connectivity index (χ1n) is 19.3. The van der Waals surface area contributed by atoms with Gasteiger partial charge in [-0.25, -0.2) is 0 Å². The van der Waals surface area contributed by atoms with Gasteiger partial charge >= 0.3 is 0 Å². The molecule has 0 radical (unpaired) electrons. The van der Waals surface area contributed by atoms with E-state index in [0.29, 0.717) is 58.2 Å². The number of amides is 5. The van der Waals surface area contributed by atoms with Crippen molar-refractivity contribution in [2.75, 3.05) is 20.6 Å². The summed E-state index contributed by atoms with van der Waals surface area (Å²) in [5.74, 6) is -1.79. The summed E-state index contributed by atoms with van der Waals surface area (Å²) in [6.07, 6.45) is 3.25. The van der Waals surface area contributed by atoms with Gasteiger partial charge in [-0.2, -0.15) is 0 Å². The number of hydrogen-bond acceptors (Lipinski definition) is 7. The highest BCUT2D eigenvalue weighted by Gasteiger charge is 2.35. The van der Waals surface area contributed by atoms with E-state index in [9.17, 15) is 24.0 Å². The first-order valence-corrected chi connectivity index (χ1v) is 19.3. The van der Waals surface area contributed by atoms with E-state index in [-0.39, 0.29) is 41.0 Å². The quantitative estimate of drug-likeness (QED) is 0.175. The van der Waals surface area contributed by atoms with Crippen LogP contribution < -0.4 is 27.0 Å².